The Bertz CT molecular complexity index is 617. The van der Waals surface area contributed by atoms with Gasteiger partial charge in [-0.1, -0.05) is 6.92 Å². The molecule has 0 aliphatic carbocycles. The van der Waals surface area contributed by atoms with Crippen molar-refractivity contribution in [1.29, 1.82) is 0 Å². The molecule has 110 valence electrons. The van der Waals surface area contributed by atoms with Crippen LogP contribution >= 0.6 is 11.3 Å². The SMILES string of the molecule is CCOc1ccc(C(=O)N/N=C/c2ccc(CC)s2)cc1. The van der Waals surface area contributed by atoms with Crippen LogP contribution in [-0.2, 0) is 6.42 Å². The predicted molar refractivity (Wildman–Crippen MR) is 86.4 cm³/mol. The molecule has 1 N–H and O–H groups in total. The van der Waals surface area contributed by atoms with E-state index in [9.17, 15) is 4.79 Å². The second-order valence-electron chi connectivity index (χ2n) is 4.31. The number of carbonyl (C=O) groups is 1. The van der Waals surface area contributed by atoms with Crippen LogP contribution in [0.1, 0.15) is 34.0 Å². The number of nitrogens with zero attached hydrogens (tertiary/aromatic N) is 1. The van der Waals surface area contributed by atoms with Crippen LogP contribution in [-0.4, -0.2) is 18.7 Å². The summed E-state index contributed by atoms with van der Waals surface area (Å²) in [6, 6.07) is 11.0. The molecular weight excluding hydrogens is 284 g/mol. The normalized spacial score (nSPS) is 10.8. The lowest BCUT2D eigenvalue weighted by atomic mass is 10.2. The smallest absolute Gasteiger partial charge is 0.271 e. The largest absolute Gasteiger partial charge is 0.494 e. The third-order valence-corrected chi connectivity index (χ3v) is 3.98. The molecule has 0 saturated heterocycles. The monoisotopic (exact) mass is 302 g/mol. The Kier molecular flexibility index (Phi) is 5.51. The first-order valence-electron chi connectivity index (χ1n) is 6.88. The van der Waals surface area contributed by atoms with E-state index >= 15 is 0 Å². The Hall–Kier alpha value is -2.14. The van der Waals surface area contributed by atoms with Crippen LogP contribution in [0.3, 0.4) is 0 Å². The van der Waals surface area contributed by atoms with E-state index in [0.717, 1.165) is 17.0 Å². The minimum atomic E-state index is -0.235. The van der Waals surface area contributed by atoms with E-state index in [1.165, 1.54) is 4.88 Å². The van der Waals surface area contributed by atoms with E-state index in [2.05, 4.69) is 23.5 Å². The van der Waals surface area contributed by atoms with Crippen molar-refractivity contribution in [3.8, 4) is 5.75 Å². The van der Waals surface area contributed by atoms with Crippen LogP contribution in [0.25, 0.3) is 0 Å². The molecule has 1 aromatic carbocycles. The second kappa shape index (κ2) is 7.59. The number of benzene rings is 1. The first kappa shape index (κ1) is 15.3. The number of ether oxygens (including phenoxy) is 1. The van der Waals surface area contributed by atoms with Gasteiger partial charge in [0.15, 0.2) is 0 Å². The van der Waals surface area contributed by atoms with Crippen molar-refractivity contribution in [3.63, 3.8) is 0 Å². The molecule has 5 heteroatoms. The predicted octanol–water partition coefficient (Wildman–Crippen LogP) is 3.47. The van der Waals surface area contributed by atoms with E-state index < -0.39 is 0 Å². The molecule has 0 aliphatic rings. The molecule has 21 heavy (non-hydrogen) atoms. The van der Waals surface area contributed by atoms with Gasteiger partial charge in [-0.25, -0.2) is 5.43 Å². The maximum atomic E-state index is 11.9. The van der Waals surface area contributed by atoms with Gasteiger partial charge in [0.2, 0.25) is 0 Å². The summed E-state index contributed by atoms with van der Waals surface area (Å²) >= 11 is 1.67. The second-order valence-corrected chi connectivity index (χ2v) is 5.51. The fourth-order valence-corrected chi connectivity index (χ4v) is 2.57. The Balaban J connectivity index is 1.91. The first-order valence-corrected chi connectivity index (χ1v) is 7.69. The van der Waals surface area contributed by atoms with Crippen LogP contribution in [0.2, 0.25) is 0 Å². The molecule has 1 amide bonds. The highest BCUT2D eigenvalue weighted by Gasteiger charge is 2.04. The average Bonchev–Trinajstić information content (AvgIpc) is 2.96. The lowest BCUT2D eigenvalue weighted by Crippen LogP contribution is -2.17. The van der Waals surface area contributed by atoms with Crippen LogP contribution in [0.15, 0.2) is 41.5 Å². The van der Waals surface area contributed by atoms with Crippen molar-refractivity contribution in [2.45, 2.75) is 20.3 Å². The topological polar surface area (TPSA) is 50.7 Å². The molecule has 0 bridgehead atoms. The highest BCUT2D eigenvalue weighted by atomic mass is 32.1. The molecule has 0 fully saturated rings. The molecule has 2 rings (SSSR count). The number of carbonyl (C=O) groups excluding carboxylic acids is 1. The van der Waals surface area contributed by atoms with Crippen molar-refractivity contribution in [3.05, 3.63) is 51.7 Å². The quantitative estimate of drug-likeness (QED) is 0.656. The molecule has 2 aromatic rings. The van der Waals surface area contributed by atoms with Crippen LogP contribution < -0.4 is 10.2 Å². The molecule has 0 spiro atoms. The van der Waals surface area contributed by atoms with E-state index in [0.29, 0.717) is 12.2 Å². The summed E-state index contributed by atoms with van der Waals surface area (Å²) in [5.41, 5.74) is 3.07. The maximum absolute atomic E-state index is 11.9. The lowest BCUT2D eigenvalue weighted by Gasteiger charge is -2.03. The number of thiophene rings is 1. The van der Waals surface area contributed by atoms with E-state index in [4.69, 9.17) is 4.74 Å². The Labute approximate surface area is 128 Å². The average molecular weight is 302 g/mol. The molecule has 0 aliphatic heterocycles. The summed E-state index contributed by atoms with van der Waals surface area (Å²) in [5, 5.41) is 3.98. The summed E-state index contributed by atoms with van der Waals surface area (Å²) < 4.78 is 5.33. The molecular formula is C16H18N2O2S. The minimum absolute atomic E-state index is 0.235. The third kappa shape index (κ3) is 4.43. The minimum Gasteiger partial charge on any atom is -0.494 e. The number of rotatable bonds is 6. The van der Waals surface area contributed by atoms with Crippen molar-refractivity contribution in [1.82, 2.24) is 5.43 Å². The zero-order valence-corrected chi connectivity index (χ0v) is 12.9. The van der Waals surface area contributed by atoms with Crippen LogP contribution in [0, 0.1) is 0 Å². The van der Waals surface area contributed by atoms with Gasteiger partial charge in [-0.3, -0.25) is 4.79 Å². The summed E-state index contributed by atoms with van der Waals surface area (Å²) in [6.07, 6.45) is 2.67. The number of amides is 1. The number of nitrogens with one attached hydrogen (secondary N) is 1. The Morgan fingerprint density at radius 1 is 1.24 bits per heavy atom. The lowest BCUT2D eigenvalue weighted by molar-refractivity contribution is 0.0955. The van der Waals surface area contributed by atoms with Gasteiger partial charge in [0, 0.05) is 15.3 Å². The summed E-state index contributed by atoms with van der Waals surface area (Å²) in [7, 11) is 0. The van der Waals surface area contributed by atoms with Gasteiger partial charge in [0.05, 0.1) is 12.8 Å². The highest BCUT2D eigenvalue weighted by Crippen LogP contribution is 2.15. The zero-order valence-electron chi connectivity index (χ0n) is 12.1. The van der Waals surface area contributed by atoms with Gasteiger partial charge >= 0.3 is 0 Å². The molecule has 1 aromatic heterocycles. The van der Waals surface area contributed by atoms with E-state index in [-0.39, 0.29) is 5.91 Å². The van der Waals surface area contributed by atoms with Gasteiger partial charge < -0.3 is 4.74 Å². The first-order chi connectivity index (χ1) is 10.2. The number of hydrazone groups is 1. The zero-order chi connectivity index (χ0) is 15.1. The fraction of sp³-hybridized carbons (Fsp3) is 0.250. The van der Waals surface area contributed by atoms with Crippen molar-refractivity contribution in [2.75, 3.05) is 6.61 Å². The molecule has 0 saturated carbocycles. The standard InChI is InChI=1S/C16H18N2O2S/c1-3-14-9-10-15(21-14)11-17-18-16(19)12-5-7-13(8-6-12)20-4-2/h5-11H,3-4H2,1-2H3,(H,18,19)/b17-11+. The fourth-order valence-electron chi connectivity index (χ4n) is 1.74. The van der Waals surface area contributed by atoms with Gasteiger partial charge in [-0.15, -0.1) is 11.3 Å². The van der Waals surface area contributed by atoms with Gasteiger partial charge in [0.25, 0.3) is 5.91 Å². The van der Waals surface area contributed by atoms with Gasteiger partial charge in [-0.2, -0.15) is 5.10 Å². The Morgan fingerprint density at radius 3 is 2.62 bits per heavy atom. The van der Waals surface area contributed by atoms with E-state index in [1.807, 2.05) is 13.0 Å². The molecule has 1 heterocycles. The summed E-state index contributed by atoms with van der Waals surface area (Å²) in [6.45, 7) is 4.64. The van der Waals surface area contributed by atoms with Crippen LogP contribution in [0.5, 0.6) is 5.75 Å². The summed E-state index contributed by atoms with van der Waals surface area (Å²) in [5.74, 6) is 0.518. The number of aryl methyl sites for hydroxylation is 1. The number of hydrogen-bond donors (Lipinski definition) is 1. The molecule has 0 radical (unpaired) electrons. The number of hydrogen-bond acceptors (Lipinski definition) is 4. The van der Waals surface area contributed by atoms with Crippen molar-refractivity contribution >= 4 is 23.5 Å². The van der Waals surface area contributed by atoms with Crippen molar-refractivity contribution < 1.29 is 9.53 Å². The summed E-state index contributed by atoms with van der Waals surface area (Å²) in [4.78, 5) is 14.2. The third-order valence-electron chi connectivity index (χ3n) is 2.82. The maximum Gasteiger partial charge on any atom is 0.271 e. The molecule has 0 unspecified atom stereocenters. The molecule has 4 nitrogen and oxygen atoms in total. The highest BCUT2D eigenvalue weighted by molar-refractivity contribution is 7.13. The van der Waals surface area contributed by atoms with Gasteiger partial charge in [-0.05, 0) is 49.7 Å². The van der Waals surface area contributed by atoms with E-state index in [1.54, 1.807) is 41.8 Å². The van der Waals surface area contributed by atoms with Crippen molar-refractivity contribution in [2.24, 2.45) is 5.10 Å². The van der Waals surface area contributed by atoms with Crippen LogP contribution in [0.4, 0.5) is 0 Å². The molecule has 0 atom stereocenters. The van der Waals surface area contributed by atoms with Gasteiger partial charge in [0.1, 0.15) is 5.75 Å². The Morgan fingerprint density at radius 2 is 2.00 bits per heavy atom.